The molecule has 2 aromatic carbocycles. The lowest BCUT2D eigenvalue weighted by molar-refractivity contribution is -0.127. The van der Waals surface area contributed by atoms with E-state index in [-0.39, 0.29) is 11.8 Å². The van der Waals surface area contributed by atoms with E-state index < -0.39 is 5.41 Å². The molecule has 3 N–H and O–H groups in total. The average Bonchev–Trinajstić information content (AvgIpc) is 3.43. The Morgan fingerprint density at radius 1 is 1.17 bits per heavy atom. The number of hydrogen-bond acceptors (Lipinski definition) is 7. The number of hydrogen-bond donors (Lipinski definition) is 2. The molecule has 0 aliphatic carbocycles. The van der Waals surface area contributed by atoms with Crippen molar-refractivity contribution in [3.63, 3.8) is 0 Å². The number of piperidine rings is 1. The molecule has 9 nitrogen and oxygen atoms in total. The highest BCUT2D eigenvalue weighted by molar-refractivity contribution is 6.09. The summed E-state index contributed by atoms with van der Waals surface area (Å²) in [5, 5.41) is 7.56. The Morgan fingerprint density at radius 2 is 1.92 bits per heavy atom. The molecule has 0 saturated carbocycles. The fourth-order valence-corrected chi connectivity index (χ4v) is 5.33. The zero-order valence-electron chi connectivity index (χ0n) is 20.4. The summed E-state index contributed by atoms with van der Waals surface area (Å²) in [5.74, 6) is 1.16. The first-order valence-electron chi connectivity index (χ1n) is 12.0. The number of carbonyl (C=O) groups is 2. The quantitative estimate of drug-likeness (QED) is 0.528. The number of allylic oxidation sites excluding steroid dienone is 1. The Bertz CT molecular complexity index is 1380. The summed E-state index contributed by atoms with van der Waals surface area (Å²) in [6, 6.07) is 10.8. The number of fused-ring (bicyclic) bond motifs is 1. The van der Waals surface area contributed by atoms with Crippen LogP contribution in [0.4, 0.5) is 5.69 Å². The van der Waals surface area contributed by atoms with Crippen LogP contribution >= 0.6 is 0 Å². The van der Waals surface area contributed by atoms with Gasteiger partial charge in [-0.05, 0) is 49.6 Å². The third-order valence-electron chi connectivity index (χ3n) is 7.40. The fraction of sp³-hybridized carbons (Fsp3) is 0.333. The zero-order chi connectivity index (χ0) is 25.4. The van der Waals surface area contributed by atoms with Crippen molar-refractivity contribution in [2.75, 3.05) is 31.6 Å². The molecular formula is C27H29N5O4. The lowest BCUT2D eigenvalue weighted by Crippen LogP contribution is -2.46. The van der Waals surface area contributed by atoms with Crippen molar-refractivity contribution in [3.8, 4) is 5.75 Å². The molecule has 0 radical (unpaired) electrons. The number of rotatable bonds is 5. The molecule has 0 bridgehead atoms. The summed E-state index contributed by atoms with van der Waals surface area (Å²) in [5.41, 5.74) is 9.08. The van der Waals surface area contributed by atoms with Crippen molar-refractivity contribution < 1.29 is 18.7 Å². The molecule has 36 heavy (non-hydrogen) atoms. The summed E-state index contributed by atoms with van der Waals surface area (Å²) in [6.07, 6.45) is 4.54. The van der Waals surface area contributed by atoms with Gasteiger partial charge in [0.05, 0.1) is 12.5 Å². The van der Waals surface area contributed by atoms with Gasteiger partial charge in [-0.2, -0.15) is 0 Å². The number of carbonyl (C=O) groups excluding carboxylic acids is 2. The van der Waals surface area contributed by atoms with Gasteiger partial charge < -0.3 is 30.1 Å². The van der Waals surface area contributed by atoms with E-state index in [1.54, 1.807) is 37.1 Å². The van der Waals surface area contributed by atoms with Gasteiger partial charge in [-0.25, -0.2) is 4.98 Å². The molecular weight excluding hydrogens is 458 g/mol. The number of nitrogens with zero attached hydrogens (tertiary/aromatic N) is 3. The van der Waals surface area contributed by atoms with E-state index in [4.69, 9.17) is 20.3 Å². The van der Waals surface area contributed by atoms with Crippen molar-refractivity contribution in [2.45, 2.75) is 26.2 Å². The van der Waals surface area contributed by atoms with Crippen LogP contribution < -0.4 is 15.4 Å². The summed E-state index contributed by atoms with van der Waals surface area (Å²) in [4.78, 5) is 34.7. The zero-order valence-corrected chi connectivity index (χ0v) is 20.4. The van der Waals surface area contributed by atoms with Crippen LogP contribution in [-0.4, -0.2) is 54.7 Å². The third-order valence-corrected chi connectivity index (χ3v) is 7.40. The number of anilines is 1. The molecule has 2 amide bonds. The maximum atomic E-state index is 13.6. The maximum absolute atomic E-state index is 13.6. The lowest BCUT2D eigenvalue weighted by atomic mass is 9.77. The maximum Gasteiger partial charge on any atom is 0.253 e. The highest BCUT2D eigenvalue weighted by Crippen LogP contribution is 2.44. The lowest BCUT2D eigenvalue weighted by Gasteiger charge is -2.38. The van der Waals surface area contributed by atoms with Gasteiger partial charge in [0.1, 0.15) is 11.3 Å². The number of nitrogens with one attached hydrogen (secondary N) is 1. The Kier molecular flexibility index (Phi) is 5.99. The Labute approximate surface area is 209 Å². The predicted octanol–water partition coefficient (Wildman–Crippen LogP) is 3.75. The predicted molar refractivity (Wildman–Crippen MR) is 137 cm³/mol. The molecule has 2 saturated heterocycles. The number of benzene rings is 2. The van der Waals surface area contributed by atoms with Crippen LogP contribution in [0.5, 0.6) is 5.75 Å². The molecule has 0 atom stereocenters. The third kappa shape index (κ3) is 3.90. The molecule has 3 aromatic rings. The van der Waals surface area contributed by atoms with Gasteiger partial charge in [-0.1, -0.05) is 0 Å². The number of methoxy groups -OCH3 is 1. The standard InChI is InChI=1S/C27H29N5O4/c1-17-30-22-13-18(3-6-23(22)36-17)25(33)31-10-7-27(8-11-31)9-12-32(26(27)34)20-4-5-21(19(15-28)16-29)24(14-20)35-2/h3-6,13-16,28H,7-12,29H2,1-2H3/b19-16+,28-15?. The first kappa shape index (κ1) is 23.6. The minimum absolute atomic E-state index is 0.0509. The Hall–Kier alpha value is -4.14. The minimum atomic E-state index is -0.465. The molecule has 1 spiro atoms. The number of aryl methyl sites for hydroxylation is 1. The van der Waals surface area contributed by atoms with Crippen molar-refractivity contribution >= 4 is 40.4 Å². The number of oxazole rings is 1. The van der Waals surface area contributed by atoms with Crippen LogP contribution in [0, 0.1) is 17.7 Å². The molecule has 2 aliphatic rings. The number of likely N-dealkylation sites (tertiary alicyclic amines) is 1. The van der Waals surface area contributed by atoms with Crippen LogP contribution in [0.15, 0.2) is 47.0 Å². The Balaban J connectivity index is 1.30. The van der Waals surface area contributed by atoms with Crippen LogP contribution in [0.2, 0.25) is 0 Å². The summed E-state index contributed by atoms with van der Waals surface area (Å²) >= 11 is 0. The number of aromatic nitrogens is 1. The van der Waals surface area contributed by atoms with E-state index in [1.807, 2.05) is 23.1 Å². The van der Waals surface area contributed by atoms with Gasteiger partial charge in [-0.15, -0.1) is 0 Å². The summed E-state index contributed by atoms with van der Waals surface area (Å²) < 4.78 is 11.0. The summed E-state index contributed by atoms with van der Waals surface area (Å²) in [7, 11) is 1.56. The number of amides is 2. The van der Waals surface area contributed by atoms with Crippen LogP contribution in [0.3, 0.4) is 0 Å². The first-order chi connectivity index (χ1) is 17.4. The molecule has 0 unspecified atom stereocenters. The second kappa shape index (κ2) is 9.14. The van der Waals surface area contributed by atoms with E-state index in [0.717, 1.165) is 12.1 Å². The van der Waals surface area contributed by atoms with Gasteiger partial charge in [0.15, 0.2) is 11.5 Å². The molecule has 5 rings (SSSR count). The van der Waals surface area contributed by atoms with Crippen molar-refractivity contribution in [2.24, 2.45) is 11.1 Å². The second-order valence-electron chi connectivity index (χ2n) is 9.35. The second-order valence-corrected chi connectivity index (χ2v) is 9.35. The van der Waals surface area contributed by atoms with E-state index in [1.165, 1.54) is 12.4 Å². The van der Waals surface area contributed by atoms with E-state index >= 15 is 0 Å². The summed E-state index contributed by atoms with van der Waals surface area (Å²) in [6.45, 7) is 3.45. The highest BCUT2D eigenvalue weighted by atomic mass is 16.5. The van der Waals surface area contributed by atoms with Crippen LogP contribution in [0.25, 0.3) is 16.7 Å². The average molecular weight is 488 g/mol. The van der Waals surface area contributed by atoms with Crippen molar-refractivity contribution in [3.05, 3.63) is 59.6 Å². The van der Waals surface area contributed by atoms with Gasteiger partial charge in [0.2, 0.25) is 5.91 Å². The first-order valence-corrected chi connectivity index (χ1v) is 12.0. The van der Waals surface area contributed by atoms with E-state index in [2.05, 4.69) is 4.98 Å². The van der Waals surface area contributed by atoms with Crippen molar-refractivity contribution in [1.82, 2.24) is 9.88 Å². The molecule has 1 aromatic heterocycles. The van der Waals surface area contributed by atoms with Gasteiger partial charge >= 0.3 is 0 Å². The SMILES string of the molecule is COc1cc(N2CCC3(CCN(C(=O)c4ccc5oc(C)nc5c4)CC3)C2=O)ccc1/C(C=N)=C/N. The minimum Gasteiger partial charge on any atom is -0.496 e. The molecule has 3 heterocycles. The normalized spacial score (nSPS) is 17.7. The largest absolute Gasteiger partial charge is 0.496 e. The Morgan fingerprint density at radius 3 is 2.61 bits per heavy atom. The highest BCUT2D eigenvalue weighted by Gasteiger charge is 2.49. The number of ether oxygens (including phenoxy) is 1. The fourth-order valence-electron chi connectivity index (χ4n) is 5.33. The number of nitrogens with two attached hydrogens (primary N) is 1. The van der Waals surface area contributed by atoms with Crippen molar-refractivity contribution in [1.29, 1.82) is 5.41 Å². The van der Waals surface area contributed by atoms with Gasteiger partial charge in [0, 0.05) is 67.4 Å². The van der Waals surface area contributed by atoms with E-state index in [9.17, 15) is 9.59 Å². The van der Waals surface area contributed by atoms with Crippen LogP contribution in [-0.2, 0) is 4.79 Å². The molecule has 186 valence electrons. The molecule has 9 heteroatoms. The van der Waals surface area contributed by atoms with Crippen LogP contribution in [0.1, 0.15) is 41.1 Å². The smallest absolute Gasteiger partial charge is 0.253 e. The van der Waals surface area contributed by atoms with E-state index in [0.29, 0.717) is 71.9 Å². The van der Waals surface area contributed by atoms with Gasteiger partial charge in [0.25, 0.3) is 5.91 Å². The topological polar surface area (TPSA) is 126 Å². The monoisotopic (exact) mass is 487 g/mol. The molecule has 2 fully saturated rings. The van der Waals surface area contributed by atoms with Gasteiger partial charge in [-0.3, -0.25) is 9.59 Å². The molecule has 2 aliphatic heterocycles.